The van der Waals surface area contributed by atoms with Crippen molar-refractivity contribution in [1.82, 2.24) is 9.80 Å². The van der Waals surface area contributed by atoms with Gasteiger partial charge in [0, 0.05) is 14.0 Å². The summed E-state index contributed by atoms with van der Waals surface area (Å²) in [7, 11) is 4.65. The molecule has 4 saturated heterocycles. The molecule has 0 N–H and O–H groups in total. The summed E-state index contributed by atoms with van der Waals surface area (Å²) < 4.78 is 0. The number of fused-ring (bicyclic) bond motifs is 3. The summed E-state index contributed by atoms with van der Waals surface area (Å²) in [5.41, 5.74) is 2.88. The van der Waals surface area contributed by atoms with Crippen LogP contribution in [0.2, 0.25) is 0 Å². The van der Waals surface area contributed by atoms with E-state index in [-0.39, 0.29) is 11.8 Å². The molecule has 6 rings (SSSR count). The molecule has 2 bridgehead atoms. The number of hydrogen-bond acceptors (Lipinski definition) is 4. The van der Waals surface area contributed by atoms with Crippen LogP contribution in [0.5, 0.6) is 0 Å². The second-order valence-corrected chi connectivity index (χ2v) is 11.2. The Morgan fingerprint density at radius 3 is 2.63 bits per heavy atom. The standard InChI is InChI=1S/C20H21N3O2S2/c1-18(21-3)11-20-17(25)22(4)19(2,26-27-20)16(24)23(20)15(18)14-9-8-12-6-5-7-13(12)10-14/h8-10,15H,5-7,11H2,1-2,4H3/t15?,18-,19-,20-/m0/s1. The smallest absolute Gasteiger partial charge is 0.262 e. The van der Waals surface area contributed by atoms with Gasteiger partial charge >= 0.3 is 0 Å². The van der Waals surface area contributed by atoms with E-state index in [1.807, 2.05) is 13.8 Å². The summed E-state index contributed by atoms with van der Waals surface area (Å²) in [5, 5.41) is 0. The molecule has 1 unspecified atom stereocenters. The first-order valence-corrected chi connectivity index (χ1v) is 11.4. The average molecular weight is 400 g/mol. The highest BCUT2D eigenvalue weighted by atomic mass is 33.1. The molecule has 1 aromatic rings. The molecule has 4 fully saturated rings. The highest BCUT2D eigenvalue weighted by Crippen LogP contribution is 2.68. The summed E-state index contributed by atoms with van der Waals surface area (Å²) in [6.45, 7) is 11.7. The van der Waals surface area contributed by atoms with Gasteiger partial charge in [0.05, 0.1) is 6.42 Å². The number of hydrogen-bond donors (Lipinski definition) is 0. The zero-order valence-corrected chi connectivity index (χ0v) is 17.2. The zero-order valence-electron chi connectivity index (χ0n) is 15.6. The van der Waals surface area contributed by atoms with Crippen LogP contribution in [0.4, 0.5) is 0 Å². The van der Waals surface area contributed by atoms with Gasteiger partial charge in [0.25, 0.3) is 17.4 Å². The van der Waals surface area contributed by atoms with E-state index in [1.54, 1.807) is 16.8 Å². The van der Waals surface area contributed by atoms with Crippen LogP contribution in [0.15, 0.2) is 18.2 Å². The van der Waals surface area contributed by atoms with Crippen LogP contribution >= 0.6 is 21.6 Å². The summed E-state index contributed by atoms with van der Waals surface area (Å²) in [6, 6.07) is 6.01. The van der Waals surface area contributed by atoms with Crippen LogP contribution in [0.1, 0.15) is 49.4 Å². The molecule has 0 saturated carbocycles. The number of rotatable bonds is 1. The first kappa shape index (κ1) is 17.4. The lowest BCUT2D eigenvalue weighted by atomic mass is 9.86. The number of nitrogens with zero attached hydrogens (tertiary/aromatic N) is 3. The molecule has 1 spiro atoms. The molecule has 27 heavy (non-hydrogen) atoms. The van der Waals surface area contributed by atoms with Crippen molar-refractivity contribution in [1.29, 1.82) is 0 Å². The van der Waals surface area contributed by atoms with Crippen molar-refractivity contribution in [2.24, 2.45) is 0 Å². The normalized spacial score (nSPS) is 39.6. The minimum atomic E-state index is -0.975. The Kier molecular flexibility index (Phi) is 3.38. The molecule has 0 aromatic heterocycles. The molecule has 5 nitrogen and oxygen atoms in total. The highest BCUT2D eigenvalue weighted by molar-refractivity contribution is 8.78. The summed E-state index contributed by atoms with van der Waals surface area (Å²) in [5.74, 6) is -0.0990. The van der Waals surface area contributed by atoms with E-state index in [0.717, 1.165) is 24.8 Å². The lowest BCUT2D eigenvalue weighted by Crippen LogP contribution is -2.73. The van der Waals surface area contributed by atoms with Crippen LogP contribution in [-0.2, 0) is 22.4 Å². The van der Waals surface area contributed by atoms with Gasteiger partial charge in [-0.25, -0.2) is 6.57 Å². The van der Waals surface area contributed by atoms with E-state index in [0.29, 0.717) is 6.42 Å². The molecule has 0 radical (unpaired) electrons. The molecule has 5 aliphatic rings. The molecular weight excluding hydrogens is 378 g/mol. The Balaban J connectivity index is 1.71. The van der Waals surface area contributed by atoms with Crippen LogP contribution in [0.25, 0.3) is 4.85 Å². The highest BCUT2D eigenvalue weighted by Gasteiger charge is 2.77. The van der Waals surface area contributed by atoms with E-state index < -0.39 is 21.3 Å². The maximum absolute atomic E-state index is 13.6. The number of piperazine rings is 1. The average Bonchev–Trinajstić information content (AvgIpc) is 3.23. The topological polar surface area (TPSA) is 45.0 Å². The van der Waals surface area contributed by atoms with Crippen LogP contribution in [0, 0.1) is 6.57 Å². The van der Waals surface area contributed by atoms with Gasteiger partial charge in [-0.2, -0.15) is 0 Å². The van der Waals surface area contributed by atoms with Gasteiger partial charge in [-0.3, -0.25) is 9.59 Å². The Hall–Kier alpha value is -1.65. The third-order valence-electron chi connectivity index (χ3n) is 6.76. The van der Waals surface area contributed by atoms with Crippen molar-refractivity contribution in [3.8, 4) is 0 Å². The van der Waals surface area contributed by atoms with Gasteiger partial charge in [-0.15, -0.1) is 0 Å². The minimum absolute atomic E-state index is 0.0492. The van der Waals surface area contributed by atoms with Gasteiger partial charge < -0.3 is 14.6 Å². The molecule has 4 aliphatic heterocycles. The second-order valence-electron chi connectivity index (χ2n) is 8.40. The van der Waals surface area contributed by atoms with E-state index >= 15 is 0 Å². The largest absolute Gasteiger partial charge is 0.319 e. The first-order valence-electron chi connectivity index (χ1n) is 9.26. The summed E-state index contributed by atoms with van der Waals surface area (Å²) in [4.78, 5) is 32.3. The van der Waals surface area contributed by atoms with E-state index in [1.165, 1.54) is 32.7 Å². The van der Waals surface area contributed by atoms with Crippen LogP contribution in [0.3, 0.4) is 0 Å². The lowest BCUT2D eigenvalue weighted by molar-refractivity contribution is -0.164. The predicted molar refractivity (Wildman–Crippen MR) is 107 cm³/mol. The van der Waals surface area contributed by atoms with Crippen LogP contribution in [-0.4, -0.2) is 43.9 Å². The number of aryl methyl sites for hydroxylation is 2. The van der Waals surface area contributed by atoms with Gasteiger partial charge in [-0.05, 0) is 42.9 Å². The second kappa shape index (κ2) is 5.24. The van der Waals surface area contributed by atoms with Gasteiger partial charge in [0.2, 0.25) is 0 Å². The molecule has 4 atom stereocenters. The fraction of sp³-hybridized carbons (Fsp3) is 0.550. The fourth-order valence-corrected chi connectivity index (χ4v) is 8.73. The Morgan fingerprint density at radius 2 is 1.89 bits per heavy atom. The number of carbonyl (C=O) groups is 2. The molecule has 1 aromatic carbocycles. The minimum Gasteiger partial charge on any atom is -0.319 e. The third-order valence-corrected chi connectivity index (χ3v) is 10.5. The molecular formula is C20H21N3O2S2. The van der Waals surface area contributed by atoms with Crippen molar-refractivity contribution in [2.75, 3.05) is 7.05 Å². The maximum atomic E-state index is 13.6. The first-order chi connectivity index (χ1) is 12.8. The van der Waals surface area contributed by atoms with Crippen molar-refractivity contribution in [3.63, 3.8) is 0 Å². The number of benzene rings is 1. The van der Waals surface area contributed by atoms with Gasteiger partial charge in [-0.1, -0.05) is 39.8 Å². The maximum Gasteiger partial charge on any atom is 0.262 e. The monoisotopic (exact) mass is 399 g/mol. The summed E-state index contributed by atoms with van der Waals surface area (Å²) >= 11 is 0. The number of carbonyl (C=O) groups excluding carboxylic acids is 2. The van der Waals surface area contributed by atoms with E-state index in [2.05, 4.69) is 23.0 Å². The fourth-order valence-electron chi connectivity index (χ4n) is 5.15. The number of amides is 2. The Bertz CT molecular complexity index is 944. The Labute approximate surface area is 167 Å². The lowest BCUT2D eigenvalue weighted by Gasteiger charge is -2.57. The zero-order chi connectivity index (χ0) is 19.2. The van der Waals surface area contributed by atoms with Crippen molar-refractivity contribution in [2.45, 2.75) is 60.9 Å². The molecule has 1 aliphatic carbocycles. The van der Waals surface area contributed by atoms with E-state index in [4.69, 9.17) is 6.57 Å². The van der Waals surface area contributed by atoms with E-state index in [9.17, 15) is 9.59 Å². The van der Waals surface area contributed by atoms with Gasteiger partial charge in [0.15, 0.2) is 9.74 Å². The quantitative estimate of drug-likeness (QED) is 0.536. The van der Waals surface area contributed by atoms with Crippen molar-refractivity contribution < 1.29 is 9.59 Å². The molecule has 4 heterocycles. The number of likely N-dealkylation sites (N-methyl/N-ethyl adjacent to an activating group) is 1. The Morgan fingerprint density at radius 1 is 1.15 bits per heavy atom. The van der Waals surface area contributed by atoms with Crippen molar-refractivity contribution in [3.05, 3.63) is 46.3 Å². The molecule has 2 amide bonds. The summed E-state index contributed by atoms with van der Waals surface area (Å²) in [6.07, 6.45) is 3.67. The molecule has 140 valence electrons. The van der Waals surface area contributed by atoms with Crippen molar-refractivity contribution >= 4 is 33.4 Å². The molecule has 7 heteroatoms. The van der Waals surface area contributed by atoms with Crippen LogP contribution < -0.4 is 0 Å². The third kappa shape index (κ3) is 1.93. The SMILES string of the molecule is [C-]#[N+][C@@]1(C)C[C@@]23SS[C@@](C)(C(=O)N2C1c1ccc2c(c1)CCC2)N(C)C3=O. The van der Waals surface area contributed by atoms with Gasteiger partial charge in [0.1, 0.15) is 6.04 Å². The predicted octanol–water partition coefficient (Wildman–Crippen LogP) is 3.41.